The van der Waals surface area contributed by atoms with Gasteiger partial charge in [-0.15, -0.1) is 0 Å². The maximum atomic E-state index is 2.71. The van der Waals surface area contributed by atoms with E-state index in [1.165, 1.54) is 38.8 Å². The van der Waals surface area contributed by atoms with Gasteiger partial charge in [-0.2, -0.15) is 0 Å². The summed E-state index contributed by atoms with van der Waals surface area (Å²) in [6, 6.07) is 0. The molecule has 2 fully saturated rings. The first-order chi connectivity index (χ1) is 5.27. The van der Waals surface area contributed by atoms with Gasteiger partial charge in [0.1, 0.15) is 0 Å². The summed E-state index contributed by atoms with van der Waals surface area (Å²) < 4.78 is 0. The van der Waals surface area contributed by atoms with Crippen LogP contribution in [-0.2, 0) is 0 Å². The van der Waals surface area contributed by atoms with Crippen LogP contribution in [-0.4, -0.2) is 23.5 Å². The van der Waals surface area contributed by atoms with E-state index in [0.717, 1.165) is 5.92 Å². The molecule has 0 bridgehead atoms. The first-order valence-corrected chi connectivity index (χ1v) is 5.02. The smallest absolute Gasteiger partial charge is 0.0210 e. The van der Waals surface area contributed by atoms with Gasteiger partial charge < -0.3 is 0 Å². The zero-order chi connectivity index (χ0) is 7.90. The summed E-state index contributed by atoms with van der Waals surface area (Å²) >= 11 is 0. The van der Waals surface area contributed by atoms with Crippen LogP contribution in [0.15, 0.2) is 0 Å². The van der Waals surface area contributed by atoms with Crippen molar-refractivity contribution in [3.8, 4) is 0 Å². The third-order valence-electron chi connectivity index (χ3n) is 3.95. The molecule has 1 heteroatoms. The van der Waals surface area contributed by atoms with Crippen molar-refractivity contribution in [1.29, 1.82) is 0 Å². The average molecular weight is 153 g/mol. The van der Waals surface area contributed by atoms with Crippen molar-refractivity contribution >= 4 is 0 Å². The van der Waals surface area contributed by atoms with Crippen LogP contribution in [0.1, 0.15) is 39.5 Å². The molecule has 2 unspecified atom stereocenters. The molecule has 0 spiro atoms. The van der Waals surface area contributed by atoms with Gasteiger partial charge in [0, 0.05) is 5.54 Å². The summed E-state index contributed by atoms with van der Waals surface area (Å²) in [5.41, 5.74) is 0.606. The fourth-order valence-electron chi connectivity index (χ4n) is 3.14. The summed E-state index contributed by atoms with van der Waals surface area (Å²) in [6.07, 6.45) is 5.72. The van der Waals surface area contributed by atoms with Crippen LogP contribution in [0.5, 0.6) is 0 Å². The Morgan fingerprint density at radius 3 is 3.00 bits per heavy atom. The first kappa shape index (κ1) is 7.60. The molecule has 2 heterocycles. The molecule has 0 aromatic carbocycles. The van der Waals surface area contributed by atoms with E-state index in [1.54, 1.807) is 0 Å². The number of rotatable bonds is 1. The van der Waals surface area contributed by atoms with Gasteiger partial charge in [-0.05, 0) is 45.2 Å². The maximum absolute atomic E-state index is 2.71. The Hall–Kier alpha value is -0.0400. The second-order valence-electron chi connectivity index (χ2n) is 4.34. The Kier molecular flexibility index (Phi) is 1.71. The highest BCUT2D eigenvalue weighted by molar-refractivity contribution is 5.01. The number of fused-ring (bicyclic) bond motifs is 1. The molecule has 0 aromatic rings. The van der Waals surface area contributed by atoms with Crippen LogP contribution >= 0.6 is 0 Å². The predicted octanol–water partition coefficient (Wildman–Crippen LogP) is 2.27. The van der Waals surface area contributed by atoms with Crippen molar-refractivity contribution in [2.24, 2.45) is 5.92 Å². The molecule has 2 atom stereocenters. The molecule has 2 saturated heterocycles. The normalized spacial score (nSPS) is 44.7. The van der Waals surface area contributed by atoms with Gasteiger partial charge in [0.15, 0.2) is 0 Å². The Bertz CT molecular complexity index is 155. The van der Waals surface area contributed by atoms with Crippen LogP contribution < -0.4 is 0 Å². The molecule has 0 amide bonds. The molecule has 0 aliphatic carbocycles. The fourth-order valence-corrected chi connectivity index (χ4v) is 3.14. The fraction of sp³-hybridized carbons (Fsp3) is 1.00. The highest BCUT2D eigenvalue weighted by Crippen LogP contribution is 2.43. The predicted molar refractivity (Wildman–Crippen MR) is 47.6 cm³/mol. The van der Waals surface area contributed by atoms with E-state index in [-0.39, 0.29) is 0 Å². The quantitative estimate of drug-likeness (QED) is 0.558. The molecule has 0 aromatic heterocycles. The summed E-state index contributed by atoms with van der Waals surface area (Å²) in [7, 11) is 0. The Balaban J connectivity index is 2.16. The van der Waals surface area contributed by atoms with Crippen molar-refractivity contribution in [1.82, 2.24) is 4.90 Å². The molecule has 11 heavy (non-hydrogen) atoms. The molecule has 0 radical (unpaired) electrons. The van der Waals surface area contributed by atoms with E-state index in [1.807, 2.05) is 0 Å². The lowest BCUT2D eigenvalue weighted by Crippen LogP contribution is -2.39. The van der Waals surface area contributed by atoms with E-state index < -0.39 is 0 Å². The van der Waals surface area contributed by atoms with Crippen LogP contribution in [0, 0.1) is 5.92 Å². The number of hydrogen-bond donors (Lipinski definition) is 0. The standard InChI is InChI=1S/C10H19N/c1-3-9-5-8-11-7-4-6-10(9,11)2/h9H,3-8H2,1-2H3. The Labute approximate surface area is 69.8 Å². The van der Waals surface area contributed by atoms with Crippen LogP contribution in [0.3, 0.4) is 0 Å². The monoisotopic (exact) mass is 153 g/mol. The van der Waals surface area contributed by atoms with E-state index >= 15 is 0 Å². The molecule has 2 aliphatic heterocycles. The number of hydrogen-bond acceptors (Lipinski definition) is 1. The van der Waals surface area contributed by atoms with E-state index in [2.05, 4.69) is 18.7 Å². The van der Waals surface area contributed by atoms with Gasteiger partial charge in [-0.1, -0.05) is 13.3 Å². The second-order valence-corrected chi connectivity index (χ2v) is 4.34. The summed E-state index contributed by atoms with van der Waals surface area (Å²) in [4.78, 5) is 2.71. The molecular weight excluding hydrogens is 134 g/mol. The molecule has 1 nitrogen and oxygen atoms in total. The van der Waals surface area contributed by atoms with E-state index in [9.17, 15) is 0 Å². The van der Waals surface area contributed by atoms with Gasteiger partial charge in [-0.3, -0.25) is 4.90 Å². The minimum Gasteiger partial charge on any atom is -0.298 e. The van der Waals surface area contributed by atoms with Gasteiger partial charge in [0.05, 0.1) is 0 Å². The highest BCUT2D eigenvalue weighted by Gasteiger charge is 2.46. The lowest BCUT2D eigenvalue weighted by Gasteiger charge is -2.32. The number of nitrogens with zero attached hydrogens (tertiary/aromatic N) is 1. The van der Waals surface area contributed by atoms with Gasteiger partial charge >= 0.3 is 0 Å². The Morgan fingerprint density at radius 1 is 1.45 bits per heavy atom. The lowest BCUT2D eigenvalue weighted by atomic mass is 9.83. The molecule has 64 valence electrons. The topological polar surface area (TPSA) is 3.24 Å². The Morgan fingerprint density at radius 2 is 2.27 bits per heavy atom. The minimum atomic E-state index is 0.606. The largest absolute Gasteiger partial charge is 0.298 e. The lowest BCUT2D eigenvalue weighted by molar-refractivity contribution is 0.169. The zero-order valence-electron chi connectivity index (χ0n) is 7.77. The van der Waals surface area contributed by atoms with Crippen molar-refractivity contribution in [2.75, 3.05) is 13.1 Å². The molecule has 0 saturated carbocycles. The SMILES string of the molecule is CCC1CCN2CCCC12C. The van der Waals surface area contributed by atoms with Crippen molar-refractivity contribution in [3.05, 3.63) is 0 Å². The van der Waals surface area contributed by atoms with Crippen molar-refractivity contribution < 1.29 is 0 Å². The first-order valence-electron chi connectivity index (χ1n) is 5.02. The molecule has 0 N–H and O–H groups in total. The summed E-state index contributed by atoms with van der Waals surface area (Å²) in [6.45, 7) is 7.56. The molecular formula is C10H19N. The minimum absolute atomic E-state index is 0.606. The molecule has 2 rings (SSSR count). The average Bonchev–Trinajstić information content (AvgIpc) is 2.44. The van der Waals surface area contributed by atoms with Crippen molar-refractivity contribution in [3.63, 3.8) is 0 Å². The second kappa shape index (κ2) is 2.48. The highest BCUT2D eigenvalue weighted by atomic mass is 15.2. The third-order valence-corrected chi connectivity index (χ3v) is 3.95. The third kappa shape index (κ3) is 0.936. The summed E-state index contributed by atoms with van der Waals surface area (Å²) in [5, 5.41) is 0. The van der Waals surface area contributed by atoms with Crippen molar-refractivity contribution in [2.45, 2.75) is 45.1 Å². The van der Waals surface area contributed by atoms with Crippen LogP contribution in [0.25, 0.3) is 0 Å². The maximum Gasteiger partial charge on any atom is 0.0210 e. The van der Waals surface area contributed by atoms with Gasteiger partial charge in [-0.25, -0.2) is 0 Å². The van der Waals surface area contributed by atoms with Gasteiger partial charge in [0.2, 0.25) is 0 Å². The van der Waals surface area contributed by atoms with E-state index in [0.29, 0.717) is 5.54 Å². The zero-order valence-corrected chi connectivity index (χ0v) is 7.77. The van der Waals surface area contributed by atoms with Gasteiger partial charge in [0.25, 0.3) is 0 Å². The molecule has 2 aliphatic rings. The van der Waals surface area contributed by atoms with Crippen LogP contribution in [0.2, 0.25) is 0 Å². The summed E-state index contributed by atoms with van der Waals surface area (Å²) in [5.74, 6) is 0.991. The van der Waals surface area contributed by atoms with E-state index in [4.69, 9.17) is 0 Å². The van der Waals surface area contributed by atoms with Crippen LogP contribution in [0.4, 0.5) is 0 Å².